The number of hydrogen-bond donors (Lipinski definition) is 0. The average molecular weight is 720 g/mol. The van der Waals surface area contributed by atoms with E-state index in [9.17, 15) is 0 Å². The molecule has 2 heteroatoms. The second-order valence-corrected chi connectivity index (χ2v) is 16.4. The van der Waals surface area contributed by atoms with E-state index in [0.717, 1.165) is 17.1 Å². The van der Waals surface area contributed by atoms with Gasteiger partial charge >= 0.3 is 0 Å². The van der Waals surface area contributed by atoms with Gasteiger partial charge in [0.15, 0.2) is 0 Å². The Kier molecular flexibility index (Phi) is 7.14. The average Bonchev–Trinajstić information content (AvgIpc) is 3.74. The van der Waals surface area contributed by atoms with Crippen LogP contribution < -0.4 is 4.90 Å². The van der Waals surface area contributed by atoms with Crippen LogP contribution in [0.2, 0.25) is 0 Å². The summed E-state index contributed by atoms with van der Waals surface area (Å²) in [7, 11) is 0. The van der Waals surface area contributed by atoms with Crippen LogP contribution in [0.25, 0.3) is 75.1 Å². The fourth-order valence-electron chi connectivity index (χ4n) is 9.05. The van der Waals surface area contributed by atoms with Crippen molar-refractivity contribution in [2.75, 3.05) is 4.90 Å². The summed E-state index contributed by atoms with van der Waals surface area (Å²) >= 11 is 1.90. The molecule has 260 valence electrons. The SMILES string of the molecule is CC1(C)c2ccccc2-c2cc(N(c3ccc(-c4ccc5ccccc5c4)cc3)c3ccc(-c4cccc5sc6c7ccccc7ccc6c45)cc3)ccc21. The van der Waals surface area contributed by atoms with Crippen molar-refractivity contribution in [2.24, 2.45) is 0 Å². The normalized spacial score (nSPS) is 13.1. The first kappa shape index (κ1) is 32.0. The molecular weight excluding hydrogens is 683 g/mol. The summed E-state index contributed by atoms with van der Waals surface area (Å²) < 4.78 is 2.68. The number of fused-ring (bicyclic) bond motifs is 9. The zero-order chi connectivity index (χ0) is 36.7. The van der Waals surface area contributed by atoms with E-state index in [0.29, 0.717) is 0 Å². The zero-order valence-corrected chi connectivity index (χ0v) is 31.6. The van der Waals surface area contributed by atoms with Crippen LogP contribution in [0.4, 0.5) is 17.1 Å². The molecule has 0 fully saturated rings. The van der Waals surface area contributed by atoms with Gasteiger partial charge in [-0.05, 0) is 115 Å². The first-order valence-corrected chi connectivity index (χ1v) is 19.9. The molecule has 55 heavy (non-hydrogen) atoms. The van der Waals surface area contributed by atoms with Gasteiger partial charge in [0.25, 0.3) is 0 Å². The minimum absolute atomic E-state index is 0.0441. The Morgan fingerprint density at radius 3 is 1.84 bits per heavy atom. The van der Waals surface area contributed by atoms with Crippen LogP contribution in [0, 0.1) is 0 Å². The highest BCUT2D eigenvalue weighted by Gasteiger charge is 2.35. The number of rotatable bonds is 5. The molecule has 0 spiro atoms. The third-order valence-electron chi connectivity index (χ3n) is 11.9. The van der Waals surface area contributed by atoms with Gasteiger partial charge in [0, 0.05) is 42.6 Å². The lowest BCUT2D eigenvalue weighted by molar-refractivity contribution is 0.660. The standard InChI is InChI=1S/C53H37NS/c1-53(2)48-16-8-7-14-45(48)47-33-42(29-31-49(47)53)54(40-25-20-35(21-26-40)39-19-18-34-10-3-4-12-38(34)32-39)41-27-22-37(23-28-41)43-15-9-17-50-51(43)46-30-24-36-11-5-6-13-44(36)52(46)55-50/h3-33H,1-2H3. The smallest absolute Gasteiger partial charge is 0.0468 e. The van der Waals surface area contributed by atoms with Gasteiger partial charge in [-0.25, -0.2) is 0 Å². The van der Waals surface area contributed by atoms with Crippen molar-refractivity contribution in [1.82, 2.24) is 0 Å². The van der Waals surface area contributed by atoms with E-state index in [1.807, 2.05) is 11.3 Å². The van der Waals surface area contributed by atoms with E-state index >= 15 is 0 Å². The van der Waals surface area contributed by atoms with Gasteiger partial charge in [-0.3, -0.25) is 0 Å². The molecule has 0 saturated heterocycles. The van der Waals surface area contributed by atoms with Crippen LogP contribution in [0.15, 0.2) is 188 Å². The minimum atomic E-state index is -0.0441. The van der Waals surface area contributed by atoms with Crippen molar-refractivity contribution in [3.63, 3.8) is 0 Å². The maximum atomic E-state index is 2.41. The summed E-state index contributed by atoms with van der Waals surface area (Å²) in [6, 6.07) is 69.6. The zero-order valence-electron chi connectivity index (χ0n) is 30.8. The second-order valence-electron chi connectivity index (χ2n) is 15.3. The van der Waals surface area contributed by atoms with Gasteiger partial charge in [-0.15, -0.1) is 11.3 Å². The highest BCUT2D eigenvalue weighted by molar-refractivity contribution is 7.26. The third-order valence-corrected chi connectivity index (χ3v) is 13.1. The lowest BCUT2D eigenvalue weighted by Gasteiger charge is -2.27. The van der Waals surface area contributed by atoms with E-state index in [2.05, 4.69) is 207 Å². The van der Waals surface area contributed by atoms with Crippen molar-refractivity contribution >= 4 is 70.1 Å². The molecule has 0 N–H and O–H groups in total. The predicted octanol–water partition coefficient (Wildman–Crippen LogP) is 15.5. The van der Waals surface area contributed by atoms with Gasteiger partial charge < -0.3 is 4.90 Å². The van der Waals surface area contributed by atoms with Crippen LogP contribution in [-0.4, -0.2) is 0 Å². The molecule has 11 rings (SSSR count). The molecule has 0 radical (unpaired) electrons. The summed E-state index contributed by atoms with van der Waals surface area (Å²) in [6.45, 7) is 4.69. The molecule has 0 saturated carbocycles. The van der Waals surface area contributed by atoms with E-state index in [1.54, 1.807) is 0 Å². The highest BCUT2D eigenvalue weighted by Crippen LogP contribution is 2.51. The summed E-state index contributed by atoms with van der Waals surface area (Å²) in [4.78, 5) is 2.41. The molecule has 0 unspecified atom stereocenters. The fraction of sp³-hybridized carbons (Fsp3) is 0.0566. The van der Waals surface area contributed by atoms with E-state index in [1.165, 1.54) is 86.2 Å². The van der Waals surface area contributed by atoms with Crippen LogP contribution in [-0.2, 0) is 5.41 Å². The summed E-state index contributed by atoms with van der Waals surface area (Å²) in [5.74, 6) is 0. The van der Waals surface area contributed by atoms with Gasteiger partial charge in [-0.2, -0.15) is 0 Å². The Hall–Kier alpha value is -6.48. The Morgan fingerprint density at radius 1 is 0.400 bits per heavy atom. The van der Waals surface area contributed by atoms with Crippen LogP contribution in [0.5, 0.6) is 0 Å². The second kappa shape index (κ2) is 12.3. The number of thiophene rings is 1. The Balaban J connectivity index is 1.03. The largest absolute Gasteiger partial charge is 0.310 e. The van der Waals surface area contributed by atoms with E-state index in [4.69, 9.17) is 0 Å². The maximum absolute atomic E-state index is 2.41. The van der Waals surface area contributed by atoms with Crippen LogP contribution in [0.1, 0.15) is 25.0 Å². The summed E-state index contributed by atoms with van der Waals surface area (Å²) in [5.41, 5.74) is 13.7. The lowest BCUT2D eigenvalue weighted by atomic mass is 9.82. The first-order chi connectivity index (χ1) is 27.0. The summed E-state index contributed by atoms with van der Waals surface area (Å²) in [6.07, 6.45) is 0. The topological polar surface area (TPSA) is 3.24 Å². The van der Waals surface area contributed by atoms with Gasteiger partial charge in [0.05, 0.1) is 0 Å². The van der Waals surface area contributed by atoms with E-state index < -0.39 is 0 Å². The van der Waals surface area contributed by atoms with Crippen LogP contribution >= 0.6 is 11.3 Å². The minimum Gasteiger partial charge on any atom is -0.310 e. The maximum Gasteiger partial charge on any atom is 0.0468 e. The third kappa shape index (κ3) is 5.06. The molecule has 0 amide bonds. The van der Waals surface area contributed by atoms with Crippen molar-refractivity contribution < 1.29 is 0 Å². The highest BCUT2D eigenvalue weighted by atomic mass is 32.1. The molecule has 1 aliphatic rings. The van der Waals surface area contributed by atoms with E-state index in [-0.39, 0.29) is 5.41 Å². The Bertz CT molecular complexity index is 3110. The fourth-order valence-corrected chi connectivity index (χ4v) is 10.3. The molecule has 0 aliphatic heterocycles. The molecule has 1 nitrogen and oxygen atoms in total. The predicted molar refractivity (Wildman–Crippen MR) is 237 cm³/mol. The van der Waals surface area contributed by atoms with Gasteiger partial charge in [0.2, 0.25) is 0 Å². The molecule has 1 aromatic heterocycles. The molecular formula is C53H37NS. The molecule has 0 bridgehead atoms. The number of anilines is 3. The van der Waals surface area contributed by atoms with Crippen molar-refractivity contribution in [3.8, 4) is 33.4 Å². The van der Waals surface area contributed by atoms with Crippen molar-refractivity contribution in [3.05, 3.63) is 199 Å². The monoisotopic (exact) mass is 719 g/mol. The van der Waals surface area contributed by atoms with Gasteiger partial charge in [0.1, 0.15) is 0 Å². The molecule has 10 aromatic rings. The quantitative estimate of drug-likeness (QED) is 0.171. The molecule has 9 aromatic carbocycles. The lowest BCUT2D eigenvalue weighted by Crippen LogP contribution is -2.15. The van der Waals surface area contributed by atoms with Crippen LogP contribution in [0.3, 0.4) is 0 Å². The Labute approximate surface area is 325 Å². The number of nitrogens with zero attached hydrogens (tertiary/aromatic N) is 1. The van der Waals surface area contributed by atoms with Gasteiger partial charge in [-0.1, -0.05) is 153 Å². The summed E-state index contributed by atoms with van der Waals surface area (Å²) in [5, 5.41) is 7.79. The molecule has 1 heterocycles. The first-order valence-electron chi connectivity index (χ1n) is 19.1. The van der Waals surface area contributed by atoms with Crippen molar-refractivity contribution in [2.45, 2.75) is 19.3 Å². The number of hydrogen-bond acceptors (Lipinski definition) is 2. The number of benzene rings is 9. The Morgan fingerprint density at radius 2 is 1.02 bits per heavy atom. The van der Waals surface area contributed by atoms with Crippen molar-refractivity contribution in [1.29, 1.82) is 0 Å². The molecule has 0 atom stereocenters. The molecule has 1 aliphatic carbocycles.